The maximum absolute atomic E-state index is 13.5. The van der Waals surface area contributed by atoms with Gasteiger partial charge in [-0.15, -0.1) is 11.6 Å². The molecule has 1 nitrogen and oxygen atoms in total. The first-order valence-corrected chi connectivity index (χ1v) is 7.51. The molecule has 0 fully saturated rings. The highest BCUT2D eigenvalue weighted by molar-refractivity contribution is 6.22. The molecule has 0 spiro atoms. The molecule has 0 bridgehead atoms. The van der Waals surface area contributed by atoms with E-state index in [0.29, 0.717) is 0 Å². The lowest BCUT2D eigenvalue weighted by Gasteiger charge is -2.16. The molecule has 2 aromatic carbocycles. The summed E-state index contributed by atoms with van der Waals surface area (Å²) in [5, 5.41) is -0.352. The van der Waals surface area contributed by atoms with Crippen LogP contribution in [0.5, 0.6) is 5.75 Å². The van der Waals surface area contributed by atoms with Crippen molar-refractivity contribution < 1.29 is 9.13 Å². The average molecular weight is 305 g/mol. The number of aryl methyl sites for hydroxylation is 1. The summed E-state index contributed by atoms with van der Waals surface area (Å²) in [7, 11) is 0. The molecule has 1 unspecified atom stereocenters. The third-order valence-corrected chi connectivity index (χ3v) is 4.38. The van der Waals surface area contributed by atoms with Gasteiger partial charge in [0.15, 0.2) is 0 Å². The summed E-state index contributed by atoms with van der Waals surface area (Å²) < 4.78 is 19.3. The molecule has 0 saturated carbocycles. The highest BCUT2D eigenvalue weighted by atomic mass is 35.5. The van der Waals surface area contributed by atoms with E-state index in [0.717, 1.165) is 34.4 Å². The Balaban J connectivity index is 1.97. The van der Waals surface area contributed by atoms with Crippen molar-refractivity contribution in [2.45, 2.75) is 38.2 Å². The zero-order chi connectivity index (χ0) is 15.2. The van der Waals surface area contributed by atoms with E-state index < -0.39 is 0 Å². The number of hydrogen-bond acceptors (Lipinski definition) is 1. The van der Waals surface area contributed by atoms with Gasteiger partial charge in [0.05, 0.1) is 5.38 Å². The van der Waals surface area contributed by atoms with Gasteiger partial charge in [0.1, 0.15) is 17.2 Å². The van der Waals surface area contributed by atoms with E-state index in [9.17, 15) is 4.39 Å². The first-order chi connectivity index (χ1) is 9.85. The van der Waals surface area contributed by atoms with E-state index in [1.807, 2.05) is 19.1 Å². The monoisotopic (exact) mass is 304 g/mol. The lowest BCUT2D eigenvalue weighted by molar-refractivity contribution is 0.138. The third-order valence-electron chi connectivity index (χ3n) is 3.89. The molecule has 3 heteroatoms. The molecule has 1 atom stereocenters. The number of halogens is 2. The molecule has 110 valence electrons. The molecule has 3 rings (SSSR count). The Morgan fingerprint density at radius 3 is 2.71 bits per heavy atom. The topological polar surface area (TPSA) is 9.23 Å². The van der Waals surface area contributed by atoms with Crippen molar-refractivity contribution in [2.24, 2.45) is 0 Å². The lowest BCUT2D eigenvalue weighted by Crippen LogP contribution is -2.24. The Kier molecular flexibility index (Phi) is 3.45. The molecule has 0 aliphatic carbocycles. The van der Waals surface area contributed by atoms with Crippen LogP contribution in [0.4, 0.5) is 4.39 Å². The van der Waals surface area contributed by atoms with Crippen molar-refractivity contribution >= 4 is 11.6 Å². The summed E-state index contributed by atoms with van der Waals surface area (Å²) >= 11 is 6.57. The molecular weight excluding hydrogens is 287 g/mol. The second kappa shape index (κ2) is 5.03. The van der Waals surface area contributed by atoms with E-state index in [-0.39, 0.29) is 16.8 Å². The van der Waals surface area contributed by atoms with E-state index in [2.05, 4.69) is 19.9 Å². The van der Waals surface area contributed by atoms with Crippen LogP contribution in [0, 0.1) is 12.7 Å². The van der Waals surface area contributed by atoms with Gasteiger partial charge in [0.25, 0.3) is 0 Å². The molecule has 0 amide bonds. The van der Waals surface area contributed by atoms with E-state index in [1.165, 1.54) is 12.1 Å². The standard InChI is InChI=1S/C18H18ClFO/c1-11-4-6-14(20)9-15(11)17(19)12-5-7-16-13(8-12)10-18(2,3)21-16/h4-9,17H,10H2,1-3H3. The summed E-state index contributed by atoms with van der Waals surface area (Å²) in [5.41, 5.74) is 3.78. The Hall–Kier alpha value is -1.54. The SMILES string of the molecule is Cc1ccc(F)cc1C(Cl)c1ccc2c(c1)CC(C)(C)O2. The summed E-state index contributed by atoms with van der Waals surface area (Å²) in [6.45, 7) is 6.09. The average Bonchev–Trinajstić information content (AvgIpc) is 2.73. The van der Waals surface area contributed by atoms with Gasteiger partial charge in [-0.2, -0.15) is 0 Å². The van der Waals surface area contributed by atoms with Crippen LogP contribution in [0.15, 0.2) is 36.4 Å². The number of rotatable bonds is 2. The van der Waals surface area contributed by atoms with Crippen LogP contribution >= 0.6 is 11.6 Å². The molecule has 1 heterocycles. The van der Waals surface area contributed by atoms with E-state index >= 15 is 0 Å². The molecule has 2 aromatic rings. The molecular formula is C18H18ClFO. The lowest BCUT2D eigenvalue weighted by atomic mass is 9.96. The van der Waals surface area contributed by atoms with Gasteiger partial charge in [-0.3, -0.25) is 0 Å². The number of benzene rings is 2. The highest BCUT2D eigenvalue weighted by Crippen LogP contribution is 2.39. The predicted octanol–water partition coefficient (Wildman–Crippen LogP) is 5.18. The molecule has 0 aromatic heterocycles. The quantitative estimate of drug-likeness (QED) is 0.695. The fourth-order valence-corrected chi connectivity index (χ4v) is 3.22. The van der Waals surface area contributed by atoms with Crippen LogP contribution < -0.4 is 4.74 Å². The Labute approximate surface area is 129 Å². The normalized spacial score (nSPS) is 17.2. The number of alkyl halides is 1. The summed E-state index contributed by atoms with van der Waals surface area (Å²) in [6.07, 6.45) is 0.863. The van der Waals surface area contributed by atoms with Gasteiger partial charge in [0.2, 0.25) is 0 Å². The summed E-state index contributed by atoms with van der Waals surface area (Å²) in [6, 6.07) is 10.7. The zero-order valence-corrected chi connectivity index (χ0v) is 13.2. The van der Waals surface area contributed by atoms with Crippen LogP contribution in [0.1, 0.15) is 41.5 Å². The summed E-state index contributed by atoms with van der Waals surface area (Å²) in [5.74, 6) is 0.662. The Morgan fingerprint density at radius 2 is 1.95 bits per heavy atom. The van der Waals surface area contributed by atoms with Crippen molar-refractivity contribution in [2.75, 3.05) is 0 Å². The molecule has 1 aliphatic rings. The van der Waals surface area contributed by atoms with Gasteiger partial charge in [0, 0.05) is 6.42 Å². The van der Waals surface area contributed by atoms with Crippen molar-refractivity contribution in [3.8, 4) is 5.75 Å². The Morgan fingerprint density at radius 1 is 1.19 bits per heavy atom. The zero-order valence-electron chi connectivity index (χ0n) is 12.4. The fourth-order valence-electron chi connectivity index (χ4n) is 2.85. The van der Waals surface area contributed by atoms with Crippen molar-refractivity contribution in [3.05, 3.63) is 64.5 Å². The molecule has 0 saturated heterocycles. The second-order valence-corrected chi connectivity index (χ2v) is 6.71. The first kappa shape index (κ1) is 14.4. The fraction of sp³-hybridized carbons (Fsp3) is 0.333. The number of hydrogen-bond donors (Lipinski definition) is 0. The smallest absolute Gasteiger partial charge is 0.123 e. The number of fused-ring (bicyclic) bond motifs is 1. The summed E-state index contributed by atoms with van der Waals surface area (Å²) in [4.78, 5) is 0. The van der Waals surface area contributed by atoms with Crippen molar-refractivity contribution in [1.82, 2.24) is 0 Å². The van der Waals surface area contributed by atoms with Crippen LogP contribution in [-0.2, 0) is 6.42 Å². The highest BCUT2D eigenvalue weighted by Gasteiger charge is 2.30. The van der Waals surface area contributed by atoms with Crippen LogP contribution in [0.2, 0.25) is 0 Å². The minimum absolute atomic E-state index is 0.169. The largest absolute Gasteiger partial charge is 0.487 e. The van der Waals surface area contributed by atoms with Crippen LogP contribution in [-0.4, -0.2) is 5.60 Å². The predicted molar refractivity (Wildman–Crippen MR) is 83.7 cm³/mol. The minimum Gasteiger partial charge on any atom is -0.487 e. The molecule has 1 aliphatic heterocycles. The second-order valence-electron chi connectivity index (χ2n) is 6.27. The van der Waals surface area contributed by atoms with Crippen LogP contribution in [0.25, 0.3) is 0 Å². The van der Waals surface area contributed by atoms with Crippen LogP contribution in [0.3, 0.4) is 0 Å². The maximum Gasteiger partial charge on any atom is 0.123 e. The molecule has 21 heavy (non-hydrogen) atoms. The minimum atomic E-state index is -0.352. The van der Waals surface area contributed by atoms with E-state index in [1.54, 1.807) is 6.07 Å². The Bertz CT molecular complexity index is 694. The van der Waals surface area contributed by atoms with Gasteiger partial charge in [-0.25, -0.2) is 4.39 Å². The van der Waals surface area contributed by atoms with E-state index in [4.69, 9.17) is 16.3 Å². The van der Waals surface area contributed by atoms with Gasteiger partial charge in [-0.1, -0.05) is 18.2 Å². The third kappa shape index (κ3) is 2.77. The first-order valence-electron chi connectivity index (χ1n) is 7.08. The van der Waals surface area contributed by atoms with Crippen molar-refractivity contribution in [1.29, 1.82) is 0 Å². The van der Waals surface area contributed by atoms with Crippen molar-refractivity contribution in [3.63, 3.8) is 0 Å². The maximum atomic E-state index is 13.5. The van der Waals surface area contributed by atoms with Gasteiger partial charge < -0.3 is 4.74 Å². The number of ether oxygens (including phenoxy) is 1. The van der Waals surface area contributed by atoms with Gasteiger partial charge >= 0.3 is 0 Å². The van der Waals surface area contributed by atoms with Gasteiger partial charge in [-0.05, 0) is 61.2 Å². The molecule has 0 N–H and O–H groups in total. The molecule has 0 radical (unpaired) electrons.